The summed E-state index contributed by atoms with van der Waals surface area (Å²) in [6, 6.07) is 9.06. The quantitative estimate of drug-likeness (QED) is 0.0570. The van der Waals surface area contributed by atoms with Crippen molar-refractivity contribution in [2.75, 3.05) is 0 Å². The fourth-order valence-electron chi connectivity index (χ4n) is 7.25. The molecular weight excluding hydrogens is 578 g/mol. The molecule has 1 unspecified atom stereocenters. The van der Waals surface area contributed by atoms with Crippen molar-refractivity contribution in [1.29, 1.82) is 0 Å². The fraction of sp³-hybridized carbons (Fsp3) is 0.864. The molecule has 1 aromatic rings. The lowest BCUT2D eigenvalue weighted by Gasteiger charge is -2.26. The van der Waals surface area contributed by atoms with Crippen LogP contribution in [0.1, 0.15) is 244 Å². The van der Waals surface area contributed by atoms with E-state index in [-0.39, 0.29) is 11.0 Å². The van der Waals surface area contributed by atoms with E-state index in [1.54, 1.807) is 0 Å². The number of alkyl halides is 1. The second-order valence-corrected chi connectivity index (χ2v) is 15.8. The van der Waals surface area contributed by atoms with E-state index in [4.69, 9.17) is 11.6 Å². The van der Waals surface area contributed by atoms with Crippen molar-refractivity contribution in [3.05, 3.63) is 35.4 Å². The molecule has 272 valence electrons. The van der Waals surface area contributed by atoms with Gasteiger partial charge in [0.15, 0.2) is 0 Å². The zero-order chi connectivity index (χ0) is 32.5. The van der Waals surface area contributed by atoms with Crippen LogP contribution >= 0.6 is 11.6 Å². The summed E-state index contributed by atoms with van der Waals surface area (Å²) in [4.78, 5) is -0.221. The first-order valence-corrected chi connectivity index (χ1v) is 21.3. The van der Waals surface area contributed by atoms with Gasteiger partial charge < -0.3 is 6.15 Å². The van der Waals surface area contributed by atoms with Gasteiger partial charge in [0.2, 0.25) is 0 Å². The molecule has 0 aromatic heterocycles. The lowest BCUT2D eigenvalue weighted by atomic mass is 9.88. The Hall–Kier alpha value is -0.530. The van der Waals surface area contributed by atoms with Gasteiger partial charge in [-0.15, -0.1) is 11.6 Å². The number of benzene rings is 1. The summed E-state index contributed by atoms with van der Waals surface area (Å²) < 4.78 is 0. The molecule has 0 radical (unpaired) electrons. The molecular formula is C44H84ClN. The van der Waals surface area contributed by atoms with Crippen molar-refractivity contribution >= 4 is 11.6 Å². The average Bonchev–Trinajstić information content (AvgIpc) is 3.04. The normalized spacial score (nSPS) is 12.7. The highest BCUT2D eigenvalue weighted by molar-refractivity contribution is 6.23. The van der Waals surface area contributed by atoms with E-state index in [0.29, 0.717) is 0 Å². The third kappa shape index (κ3) is 27.4. The van der Waals surface area contributed by atoms with Crippen LogP contribution < -0.4 is 6.15 Å². The van der Waals surface area contributed by atoms with E-state index >= 15 is 0 Å². The van der Waals surface area contributed by atoms with Gasteiger partial charge in [-0.3, -0.25) is 0 Å². The number of unbranched alkanes of at least 4 members (excludes halogenated alkanes) is 30. The summed E-state index contributed by atoms with van der Waals surface area (Å²) in [7, 11) is 0. The lowest BCUT2D eigenvalue weighted by Crippen LogP contribution is -2.16. The largest absolute Gasteiger partial charge is 0.344 e. The first kappa shape index (κ1) is 45.5. The summed E-state index contributed by atoms with van der Waals surface area (Å²) in [5, 5.41) is 0. The number of rotatable bonds is 35. The monoisotopic (exact) mass is 662 g/mol. The molecule has 0 heterocycles. The molecule has 0 spiro atoms. The van der Waals surface area contributed by atoms with Gasteiger partial charge in [0.1, 0.15) is 0 Å². The molecule has 1 atom stereocenters. The highest BCUT2D eigenvalue weighted by Gasteiger charge is 2.25. The molecule has 0 saturated heterocycles. The van der Waals surface area contributed by atoms with E-state index in [0.717, 1.165) is 6.42 Å². The van der Waals surface area contributed by atoms with Crippen LogP contribution in [0.5, 0.6) is 0 Å². The van der Waals surface area contributed by atoms with Crippen LogP contribution in [0, 0.1) is 0 Å². The van der Waals surface area contributed by atoms with Crippen molar-refractivity contribution in [3.63, 3.8) is 0 Å². The zero-order valence-electron chi connectivity index (χ0n) is 31.9. The summed E-state index contributed by atoms with van der Waals surface area (Å²) in [6.07, 6.45) is 47.9. The minimum Gasteiger partial charge on any atom is -0.344 e. The Kier molecular flexibility index (Phi) is 33.9. The Morgan fingerprint density at radius 3 is 1.04 bits per heavy atom. The van der Waals surface area contributed by atoms with Crippen LogP contribution in [0.4, 0.5) is 0 Å². The molecule has 3 N–H and O–H groups in total. The second kappa shape index (κ2) is 34.3. The predicted molar refractivity (Wildman–Crippen MR) is 212 cm³/mol. The Balaban J connectivity index is 0.0000202. The molecule has 0 bridgehead atoms. The molecule has 1 nitrogen and oxygen atoms in total. The van der Waals surface area contributed by atoms with Crippen molar-refractivity contribution < 1.29 is 0 Å². The van der Waals surface area contributed by atoms with Crippen molar-refractivity contribution in [2.45, 2.75) is 244 Å². The average molecular weight is 663 g/mol. The van der Waals surface area contributed by atoms with Crippen molar-refractivity contribution in [2.24, 2.45) is 0 Å². The van der Waals surface area contributed by atoms with Gasteiger partial charge in [-0.2, -0.15) is 0 Å². The SMILES string of the molecule is CCCCCCCCCCCCCCCCCCc1ccccc1C(C)(Cl)CCCCCCCCCCCCCCCCCC.N. The highest BCUT2D eigenvalue weighted by Crippen LogP contribution is 2.37. The van der Waals surface area contributed by atoms with E-state index in [2.05, 4.69) is 45.0 Å². The van der Waals surface area contributed by atoms with E-state index in [9.17, 15) is 0 Å². The first-order valence-electron chi connectivity index (χ1n) is 20.9. The van der Waals surface area contributed by atoms with E-state index < -0.39 is 0 Å². The van der Waals surface area contributed by atoms with Gasteiger partial charge in [0, 0.05) is 0 Å². The van der Waals surface area contributed by atoms with Gasteiger partial charge in [-0.05, 0) is 37.3 Å². The van der Waals surface area contributed by atoms with Gasteiger partial charge in [0.05, 0.1) is 4.87 Å². The van der Waals surface area contributed by atoms with E-state index in [1.165, 1.54) is 223 Å². The second-order valence-electron chi connectivity index (χ2n) is 15.0. The van der Waals surface area contributed by atoms with Gasteiger partial charge in [-0.1, -0.05) is 237 Å². The molecule has 1 aromatic carbocycles. The molecule has 0 amide bonds. The zero-order valence-corrected chi connectivity index (χ0v) is 32.7. The van der Waals surface area contributed by atoms with Crippen LogP contribution in [0.2, 0.25) is 0 Å². The minimum absolute atomic E-state index is 0. The molecule has 2 heteroatoms. The molecule has 0 fully saturated rings. The first-order chi connectivity index (χ1) is 22.1. The Bertz CT molecular complexity index is 728. The smallest absolute Gasteiger partial charge is 0.0669 e. The summed E-state index contributed by atoms with van der Waals surface area (Å²) in [6.45, 7) is 6.88. The van der Waals surface area contributed by atoms with Gasteiger partial charge in [0.25, 0.3) is 0 Å². The maximum atomic E-state index is 7.21. The minimum atomic E-state index is -0.221. The molecule has 0 saturated carbocycles. The Labute approximate surface area is 296 Å². The van der Waals surface area contributed by atoms with Crippen LogP contribution in [0.25, 0.3) is 0 Å². The molecule has 1 rings (SSSR count). The van der Waals surface area contributed by atoms with Crippen molar-refractivity contribution in [1.82, 2.24) is 6.15 Å². The van der Waals surface area contributed by atoms with Crippen LogP contribution in [-0.4, -0.2) is 0 Å². The number of halogens is 1. The number of hydrogen-bond donors (Lipinski definition) is 1. The Morgan fingerprint density at radius 2 is 0.696 bits per heavy atom. The highest BCUT2D eigenvalue weighted by atomic mass is 35.5. The predicted octanol–water partition coefficient (Wildman–Crippen LogP) is 16.8. The van der Waals surface area contributed by atoms with Crippen LogP contribution in [0.3, 0.4) is 0 Å². The summed E-state index contributed by atoms with van der Waals surface area (Å²) in [5.74, 6) is 0. The molecule has 0 aliphatic rings. The maximum absolute atomic E-state index is 7.21. The van der Waals surface area contributed by atoms with E-state index in [1.807, 2.05) is 0 Å². The standard InChI is InChI=1S/C44H81Cl.H3N/c1-4-6-8-10-12-14-16-18-20-22-24-26-28-30-32-34-38-42-39-35-36-40-43(42)44(3,45)41-37-33-31-29-27-25-23-21-19-17-15-13-11-9-7-5-2;/h35-36,39-40H,4-34,37-38,41H2,1-3H3;1H3. The molecule has 0 aliphatic carbocycles. The van der Waals surface area contributed by atoms with Crippen LogP contribution in [0.15, 0.2) is 24.3 Å². The van der Waals surface area contributed by atoms with Crippen molar-refractivity contribution in [3.8, 4) is 0 Å². The topological polar surface area (TPSA) is 35.0 Å². The van der Waals surface area contributed by atoms with Gasteiger partial charge in [-0.25, -0.2) is 0 Å². The third-order valence-electron chi connectivity index (χ3n) is 10.4. The fourth-order valence-corrected chi connectivity index (χ4v) is 7.57. The molecule has 46 heavy (non-hydrogen) atoms. The number of hydrogen-bond acceptors (Lipinski definition) is 1. The van der Waals surface area contributed by atoms with Crippen LogP contribution in [-0.2, 0) is 11.3 Å². The van der Waals surface area contributed by atoms with Gasteiger partial charge >= 0.3 is 0 Å². The summed E-state index contributed by atoms with van der Waals surface area (Å²) >= 11 is 7.21. The Morgan fingerprint density at radius 1 is 0.413 bits per heavy atom. The third-order valence-corrected chi connectivity index (χ3v) is 10.8. The summed E-state index contributed by atoms with van der Waals surface area (Å²) in [5.41, 5.74) is 2.89. The lowest BCUT2D eigenvalue weighted by molar-refractivity contribution is 0.506. The molecule has 0 aliphatic heterocycles. The number of aryl methyl sites for hydroxylation is 1. The maximum Gasteiger partial charge on any atom is 0.0669 e.